The van der Waals surface area contributed by atoms with Crippen LogP contribution in [-0.4, -0.2) is 52.7 Å². The molecule has 22 heavy (non-hydrogen) atoms. The molecule has 0 saturated carbocycles. The number of hydrogen-bond donors (Lipinski definition) is 0. The normalized spacial score (nSPS) is 16.2. The van der Waals surface area contributed by atoms with Crippen LogP contribution in [0.25, 0.3) is 0 Å². The average Bonchev–Trinajstić information content (AvgIpc) is 2.47. The number of terminal acetylenes is 1. The van der Waals surface area contributed by atoms with Gasteiger partial charge in [-0.05, 0) is 32.4 Å². The van der Waals surface area contributed by atoms with Gasteiger partial charge in [0, 0.05) is 38.9 Å². The standard InChI is InChI=1S/C17H23N3O2/c1-5-15-7-6-14(12-18-15)13-19-8-10-20(11-9-19)16(21)22-17(2,3)4/h1,6-7,12H,8-11,13H2,2-4H3. The number of ether oxygens (including phenoxy) is 1. The van der Waals surface area contributed by atoms with Crippen LogP contribution in [0.2, 0.25) is 0 Å². The van der Waals surface area contributed by atoms with E-state index in [-0.39, 0.29) is 6.09 Å². The van der Waals surface area contributed by atoms with E-state index >= 15 is 0 Å². The summed E-state index contributed by atoms with van der Waals surface area (Å²) in [6.07, 6.45) is 6.88. The highest BCUT2D eigenvalue weighted by atomic mass is 16.6. The predicted molar refractivity (Wildman–Crippen MR) is 85.3 cm³/mol. The van der Waals surface area contributed by atoms with Crippen molar-refractivity contribution in [2.75, 3.05) is 26.2 Å². The van der Waals surface area contributed by atoms with Gasteiger partial charge in [0.2, 0.25) is 0 Å². The highest BCUT2D eigenvalue weighted by molar-refractivity contribution is 5.68. The minimum absolute atomic E-state index is 0.229. The molecule has 0 aliphatic carbocycles. The Morgan fingerprint density at radius 2 is 2.00 bits per heavy atom. The molecule has 5 nitrogen and oxygen atoms in total. The van der Waals surface area contributed by atoms with Gasteiger partial charge < -0.3 is 9.64 Å². The van der Waals surface area contributed by atoms with Crippen LogP contribution in [0.1, 0.15) is 32.0 Å². The summed E-state index contributed by atoms with van der Waals surface area (Å²) in [5.74, 6) is 2.51. The maximum absolute atomic E-state index is 12.0. The monoisotopic (exact) mass is 301 g/mol. The molecule has 1 aromatic rings. The number of amides is 1. The predicted octanol–water partition coefficient (Wildman–Crippen LogP) is 2.12. The number of carbonyl (C=O) groups excluding carboxylic acids is 1. The quantitative estimate of drug-likeness (QED) is 0.785. The van der Waals surface area contributed by atoms with Crippen molar-refractivity contribution in [1.82, 2.24) is 14.8 Å². The first-order valence-corrected chi connectivity index (χ1v) is 7.49. The van der Waals surface area contributed by atoms with Gasteiger partial charge in [-0.15, -0.1) is 6.42 Å². The third-order valence-corrected chi connectivity index (χ3v) is 3.40. The summed E-state index contributed by atoms with van der Waals surface area (Å²) in [5.41, 5.74) is 1.33. The number of aromatic nitrogens is 1. The maximum atomic E-state index is 12.0. The topological polar surface area (TPSA) is 45.7 Å². The van der Waals surface area contributed by atoms with E-state index in [1.165, 1.54) is 0 Å². The van der Waals surface area contributed by atoms with Gasteiger partial charge in [-0.1, -0.05) is 12.0 Å². The molecule has 1 saturated heterocycles. The van der Waals surface area contributed by atoms with Crippen LogP contribution >= 0.6 is 0 Å². The van der Waals surface area contributed by atoms with Gasteiger partial charge in [0.05, 0.1) is 0 Å². The first kappa shape index (κ1) is 16.3. The molecule has 0 spiro atoms. The average molecular weight is 301 g/mol. The SMILES string of the molecule is C#Cc1ccc(CN2CCN(C(=O)OC(C)(C)C)CC2)cn1. The Hall–Kier alpha value is -2.06. The zero-order chi connectivity index (χ0) is 16.2. The summed E-state index contributed by atoms with van der Waals surface area (Å²) in [4.78, 5) is 20.3. The summed E-state index contributed by atoms with van der Waals surface area (Å²) >= 11 is 0. The lowest BCUT2D eigenvalue weighted by Gasteiger charge is -2.35. The molecule has 5 heteroatoms. The zero-order valence-corrected chi connectivity index (χ0v) is 13.5. The molecule has 1 aromatic heterocycles. The van der Waals surface area contributed by atoms with Crippen LogP contribution in [-0.2, 0) is 11.3 Å². The van der Waals surface area contributed by atoms with E-state index in [2.05, 4.69) is 15.8 Å². The van der Waals surface area contributed by atoms with Crippen molar-refractivity contribution in [3.8, 4) is 12.3 Å². The van der Waals surface area contributed by atoms with Crippen LogP contribution in [0.3, 0.4) is 0 Å². The smallest absolute Gasteiger partial charge is 0.410 e. The van der Waals surface area contributed by atoms with Crippen LogP contribution in [0.5, 0.6) is 0 Å². The van der Waals surface area contributed by atoms with Crippen LogP contribution < -0.4 is 0 Å². The van der Waals surface area contributed by atoms with Gasteiger partial charge in [0.25, 0.3) is 0 Å². The third-order valence-electron chi connectivity index (χ3n) is 3.40. The second kappa shape index (κ2) is 6.80. The molecule has 1 fully saturated rings. The van der Waals surface area contributed by atoms with Gasteiger partial charge >= 0.3 is 6.09 Å². The molecule has 0 aromatic carbocycles. The van der Waals surface area contributed by atoms with Gasteiger partial charge in [0.1, 0.15) is 11.3 Å². The molecule has 1 aliphatic rings. The van der Waals surface area contributed by atoms with Crippen LogP contribution in [0.15, 0.2) is 18.3 Å². The Morgan fingerprint density at radius 3 is 2.50 bits per heavy atom. The lowest BCUT2D eigenvalue weighted by molar-refractivity contribution is 0.0139. The molecule has 2 heterocycles. The van der Waals surface area contributed by atoms with Crippen LogP contribution in [0.4, 0.5) is 4.79 Å². The molecule has 0 bridgehead atoms. The Kier molecular flexibility index (Phi) is 5.04. The van der Waals surface area contributed by atoms with E-state index < -0.39 is 5.60 Å². The fourth-order valence-corrected chi connectivity index (χ4v) is 2.28. The summed E-state index contributed by atoms with van der Waals surface area (Å²) < 4.78 is 5.40. The van der Waals surface area contributed by atoms with Crippen LogP contribution in [0, 0.1) is 12.3 Å². The summed E-state index contributed by atoms with van der Waals surface area (Å²) in [6.45, 7) is 9.50. The van der Waals surface area contributed by atoms with Crippen molar-refractivity contribution in [3.05, 3.63) is 29.6 Å². The number of hydrogen-bond acceptors (Lipinski definition) is 4. The number of pyridine rings is 1. The first-order valence-electron chi connectivity index (χ1n) is 7.49. The number of rotatable bonds is 2. The highest BCUT2D eigenvalue weighted by Gasteiger charge is 2.25. The first-order chi connectivity index (χ1) is 10.4. The third kappa shape index (κ3) is 4.74. The lowest BCUT2D eigenvalue weighted by atomic mass is 10.2. The Bertz CT molecular complexity index is 547. The van der Waals surface area contributed by atoms with Gasteiger partial charge in [-0.2, -0.15) is 0 Å². The number of carbonyl (C=O) groups is 1. The van der Waals surface area contributed by atoms with E-state index in [0.29, 0.717) is 18.8 Å². The number of piperazine rings is 1. The molecule has 2 rings (SSSR count). The van der Waals surface area contributed by atoms with E-state index in [9.17, 15) is 4.79 Å². The van der Waals surface area contributed by atoms with E-state index in [4.69, 9.17) is 11.2 Å². The van der Waals surface area contributed by atoms with Crippen molar-refractivity contribution in [2.45, 2.75) is 32.9 Å². The molecule has 0 atom stereocenters. The minimum atomic E-state index is -0.446. The lowest BCUT2D eigenvalue weighted by Crippen LogP contribution is -2.49. The Labute approximate surface area is 132 Å². The molecule has 0 radical (unpaired) electrons. The fourth-order valence-electron chi connectivity index (χ4n) is 2.28. The largest absolute Gasteiger partial charge is 0.444 e. The molecular formula is C17H23N3O2. The van der Waals surface area contributed by atoms with Crippen molar-refractivity contribution in [1.29, 1.82) is 0 Å². The van der Waals surface area contributed by atoms with Crippen molar-refractivity contribution >= 4 is 6.09 Å². The van der Waals surface area contributed by atoms with Crippen molar-refractivity contribution in [2.24, 2.45) is 0 Å². The molecule has 1 amide bonds. The van der Waals surface area contributed by atoms with Gasteiger partial charge in [-0.3, -0.25) is 4.90 Å². The molecule has 0 unspecified atom stereocenters. The highest BCUT2D eigenvalue weighted by Crippen LogP contribution is 2.13. The van der Waals surface area contributed by atoms with Gasteiger partial charge in [-0.25, -0.2) is 9.78 Å². The maximum Gasteiger partial charge on any atom is 0.410 e. The second-order valence-corrected chi connectivity index (χ2v) is 6.44. The molecule has 1 aliphatic heterocycles. The minimum Gasteiger partial charge on any atom is -0.444 e. The Balaban J connectivity index is 1.82. The van der Waals surface area contributed by atoms with E-state index in [1.54, 1.807) is 4.90 Å². The Morgan fingerprint density at radius 1 is 1.32 bits per heavy atom. The summed E-state index contributed by atoms with van der Waals surface area (Å²) in [6, 6.07) is 3.86. The second-order valence-electron chi connectivity index (χ2n) is 6.44. The zero-order valence-electron chi connectivity index (χ0n) is 13.5. The van der Waals surface area contributed by atoms with E-state index in [1.807, 2.05) is 39.1 Å². The summed E-state index contributed by atoms with van der Waals surface area (Å²) in [7, 11) is 0. The molecular weight excluding hydrogens is 278 g/mol. The van der Waals surface area contributed by atoms with E-state index in [0.717, 1.165) is 25.2 Å². The van der Waals surface area contributed by atoms with Crippen molar-refractivity contribution in [3.63, 3.8) is 0 Å². The summed E-state index contributed by atoms with van der Waals surface area (Å²) in [5, 5.41) is 0. The molecule has 0 N–H and O–H groups in total. The fraction of sp³-hybridized carbons (Fsp3) is 0.529. The molecule has 118 valence electrons. The van der Waals surface area contributed by atoms with Crippen molar-refractivity contribution < 1.29 is 9.53 Å². The van der Waals surface area contributed by atoms with Gasteiger partial charge in [0.15, 0.2) is 0 Å². The number of nitrogens with zero attached hydrogens (tertiary/aromatic N) is 3.